The van der Waals surface area contributed by atoms with Gasteiger partial charge in [0.05, 0.1) is 5.57 Å². The maximum atomic E-state index is 12.6. The van der Waals surface area contributed by atoms with Crippen molar-refractivity contribution in [1.82, 2.24) is 5.32 Å². The monoisotopic (exact) mass is 273 g/mol. The summed E-state index contributed by atoms with van der Waals surface area (Å²) in [6.45, 7) is 0.221. The molecular formula is C11H13F6N. The highest BCUT2D eigenvalue weighted by atomic mass is 19.4. The molecule has 0 bridgehead atoms. The fourth-order valence-electron chi connectivity index (χ4n) is 1.81. The van der Waals surface area contributed by atoms with E-state index < -0.39 is 35.8 Å². The van der Waals surface area contributed by atoms with Crippen LogP contribution in [0.15, 0.2) is 23.3 Å². The highest BCUT2D eigenvalue weighted by Gasteiger charge is 2.39. The quantitative estimate of drug-likeness (QED) is 0.758. The lowest BCUT2D eigenvalue weighted by atomic mass is 10.0. The van der Waals surface area contributed by atoms with Crippen LogP contribution in [0.1, 0.15) is 12.8 Å². The molecule has 18 heavy (non-hydrogen) atoms. The molecule has 1 aliphatic carbocycles. The van der Waals surface area contributed by atoms with Gasteiger partial charge in [-0.15, -0.1) is 0 Å². The lowest BCUT2D eigenvalue weighted by molar-refractivity contribution is -0.0969. The van der Waals surface area contributed by atoms with Crippen molar-refractivity contribution in [3.05, 3.63) is 23.3 Å². The van der Waals surface area contributed by atoms with Crippen LogP contribution in [0.2, 0.25) is 0 Å². The Morgan fingerprint density at radius 2 is 1.78 bits per heavy atom. The third-order valence-electron chi connectivity index (χ3n) is 2.69. The van der Waals surface area contributed by atoms with E-state index in [0.29, 0.717) is 0 Å². The van der Waals surface area contributed by atoms with E-state index in [2.05, 4.69) is 5.32 Å². The molecule has 1 unspecified atom stereocenters. The summed E-state index contributed by atoms with van der Waals surface area (Å²) in [5.41, 5.74) is -2.34. The lowest BCUT2D eigenvalue weighted by Crippen LogP contribution is -2.19. The summed E-state index contributed by atoms with van der Waals surface area (Å²) in [4.78, 5) is 0. The molecule has 0 aromatic carbocycles. The first kappa shape index (κ1) is 15.1. The van der Waals surface area contributed by atoms with Gasteiger partial charge in [-0.25, -0.2) is 0 Å². The molecule has 1 rings (SSSR count). The largest absolute Gasteiger partial charge is 0.416 e. The van der Waals surface area contributed by atoms with Gasteiger partial charge in [-0.05, 0) is 31.9 Å². The Labute approximate surface area is 101 Å². The normalized spacial score (nSPS) is 22.3. The molecule has 0 amide bonds. The van der Waals surface area contributed by atoms with Crippen LogP contribution in [0.3, 0.4) is 0 Å². The van der Waals surface area contributed by atoms with Gasteiger partial charge in [-0.3, -0.25) is 0 Å². The Balaban J connectivity index is 3.07. The van der Waals surface area contributed by atoms with Gasteiger partial charge in [-0.1, -0.05) is 6.08 Å². The first-order chi connectivity index (χ1) is 8.14. The average molecular weight is 273 g/mol. The maximum absolute atomic E-state index is 12.6. The molecule has 0 aromatic rings. The molecular weight excluding hydrogens is 260 g/mol. The number of halogens is 6. The molecule has 0 spiro atoms. The zero-order chi connectivity index (χ0) is 14.0. The SMILES string of the molecule is CNCC1C=C(C(F)(F)F)C=C(C(F)(F)F)CC1. The summed E-state index contributed by atoms with van der Waals surface area (Å²) in [5, 5.41) is 2.67. The van der Waals surface area contributed by atoms with E-state index in [0.717, 1.165) is 6.08 Å². The minimum atomic E-state index is -4.76. The Kier molecular flexibility index (Phi) is 4.47. The molecule has 1 atom stereocenters. The molecule has 0 aromatic heterocycles. The standard InChI is InChI=1S/C11H13F6N/c1-18-6-7-2-3-8(10(12,13)14)5-9(4-7)11(15,16)17/h4-5,7,18H,2-3,6H2,1H3. The van der Waals surface area contributed by atoms with E-state index in [1.807, 2.05) is 0 Å². The Bertz CT molecular complexity index is 350. The van der Waals surface area contributed by atoms with Gasteiger partial charge in [-0.2, -0.15) is 26.3 Å². The number of rotatable bonds is 2. The van der Waals surface area contributed by atoms with Crippen LogP contribution < -0.4 is 5.32 Å². The van der Waals surface area contributed by atoms with Crippen molar-refractivity contribution in [1.29, 1.82) is 0 Å². The zero-order valence-electron chi connectivity index (χ0n) is 9.62. The van der Waals surface area contributed by atoms with Crippen LogP contribution in [0.5, 0.6) is 0 Å². The number of nitrogens with one attached hydrogen (secondary N) is 1. The molecule has 0 fully saturated rings. The van der Waals surface area contributed by atoms with Gasteiger partial charge >= 0.3 is 12.4 Å². The highest BCUT2D eigenvalue weighted by molar-refractivity contribution is 5.32. The van der Waals surface area contributed by atoms with Gasteiger partial charge in [0.15, 0.2) is 0 Å². The minimum Gasteiger partial charge on any atom is -0.319 e. The van der Waals surface area contributed by atoms with E-state index in [4.69, 9.17) is 0 Å². The van der Waals surface area contributed by atoms with Crippen molar-refractivity contribution >= 4 is 0 Å². The van der Waals surface area contributed by atoms with E-state index in [1.165, 1.54) is 0 Å². The molecule has 1 N–H and O–H groups in total. The minimum absolute atomic E-state index is 0.0474. The van der Waals surface area contributed by atoms with Crippen molar-refractivity contribution in [2.45, 2.75) is 25.2 Å². The number of hydrogen-bond donors (Lipinski definition) is 1. The van der Waals surface area contributed by atoms with Crippen molar-refractivity contribution in [2.24, 2.45) is 5.92 Å². The van der Waals surface area contributed by atoms with E-state index >= 15 is 0 Å². The second-order valence-corrected chi connectivity index (χ2v) is 4.14. The molecule has 0 radical (unpaired) electrons. The Hall–Kier alpha value is -0.980. The molecule has 1 aliphatic rings. The summed E-state index contributed by atoms with van der Waals surface area (Å²) in [6.07, 6.45) is -8.73. The lowest BCUT2D eigenvalue weighted by Gasteiger charge is -2.13. The van der Waals surface area contributed by atoms with Crippen LogP contribution >= 0.6 is 0 Å². The predicted molar refractivity (Wildman–Crippen MR) is 54.9 cm³/mol. The van der Waals surface area contributed by atoms with Crippen LogP contribution in [0, 0.1) is 5.92 Å². The average Bonchev–Trinajstić information content (AvgIpc) is 2.39. The van der Waals surface area contributed by atoms with Gasteiger partial charge in [0.25, 0.3) is 0 Å². The molecule has 0 aliphatic heterocycles. The van der Waals surface area contributed by atoms with Crippen molar-refractivity contribution in [3.8, 4) is 0 Å². The fraction of sp³-hybridized carbons (Fsp3) is 0.636. The molecule has 104 valence electrons. The van der Waals surface area contributed by atoms with E-state index in [1.54, 1.807) is 7.05 Å². The van der Waals surface area contributed by atoms with Crippen molar-refractivity contribution < 1.29 is 26.3 Å². The predicted octanol–water partition coefficient (Wildman–Crippen LogP) is 3.59. The Morgan fingerprint density at radius 1 is 1.17 bits per heavy atom. The summed E-state index contributed by atoms with van der Waals surface area (Å²) >= 11 is 0. The summed E-state index contributed by atoms with van der Waals surface area (Å²) in [5.74, 6) is -0.553. The van der Waals surface area contributed by atoms with E-state index in [9.17, 15) is 26.3 Å². The van der Waals surface area contributed by atoms with E-state index in [-0.39, 0.29) is 19.0 Å². The third kappa shape index (κ3) is 4.04. The van der Waals surface area contributed by atoms with Gasteiger partial charge in [0.2, 0.25) is 0 Å². The highest BCUT2D eigenvalue weighted by Crippen LogP contribution is 2.38. The topological polar surface area (TPSA) is 12.0 Å². The number of hydrogen-bond acceptors (Lipinski definition) is 1. The summed E-state index contributed by atoms with van der Waals surface area (Å²) in [6, 6.07) is 0. The maximum Gasteiger partial charge on any atom is 0.416 e. The van der Waals surface area contributed by atoms with Gasteiger partial charge in [0.1, 0.15) is 0 Å². The number of alkyl halides is 6. The zero-order valence-corrected chi connectivity index (χ0v) is 9.62. The summed E-state index contributed by atoms with van der Waals surface area (Å²) in [7, 11) is 1.55. The van der Waals surface area contributed by atoms with Gasteiger partial charge in [0, 0.05) is 12.1 Å². The molecule has 0 saturated carbocycles. The number of allylic oxidation sites excluding steroid dienone is 3. The molecule has 1 nitrogen and oxygen atoms in total. The molecule has 0 heterocycles. The van der Waals surface area contributed by atoms with Crippen LogP contribution in [-0.2, 0) is 0 Å². The second kappa shape index (κ2) is 5.34. The fourth-order valence-corrected chi connectivity index (χ4v) is 1.81. The van der Waals surface area contributed by atoms with Crippen LogP contribution in [0.4, 0.5) is 26.3 Å². The first-order valence-electron chi connectivity index (χ1n) is 5.36. The van der Waals surface area contributed by atoms with Crippen molar-refractivity contribution in [3.63, 3.8) is 0 Å². The second-order valence-electron chi connectivity index (χ2n) is 4.14. The van der Waals surface area contributed by atoms with Crippen molar-refractivity contribution in [2.75, 3.05) is 13.6 Å². The third-order valence-corrected chi connectivity index (χ3v) is 2.69. The molecule has 7 heteroatoms. The Morgan fingerprint density at radius 3 is 2.22 bits per heavy atom. The summed E-state index contributed by atoms with van der Waals surface area (Å²) < 4.78 is 75.3. The van der Waals surface area contributed by atoms with Crippen LogP contribution in [-0.4, -0.2) is 25.9 Å². The van der Waals surface area contributed by atoms with Gasteiger partial charge < -0.3 is 5.32 Å². The molecule has 0 saturated heterocycles. The smallest absolute Gasteiger partial charge is 0.319 e. The first-order valence-corrected chi connectivity index (χ1v) is 5.36. The van der Waals surface area contributed by atoms with Crippen LogP contribution in [0.25, 0.3) is 0 Å².